The highest BCUT2D eigenvalue weighted by molar-refractivity contribution is 7.13. The van der Waals surface area contributed by atoms with Crippen molar-refractivity contribution >= 4 is 33.8 Å². The van der Waals surface area contributed by atoms with Gasteiger partial charge in [0.25, 0.3) is 0 Å². The molecule has 0 saturated heterocycles. The third kappa shape index (κ3) is 3.57. The molecule has 0 nitrogen and oxygen atoms in total. The summed E-state index contributed by atoms with van der Waals surface area (Å²) in [5.41, 5.74) is 8.39. The summed E-state index contributed by atoms with van der Waals surface area (Å²) in [6.07, 6.45) is 0. The lowest BCUT2D eigenvalue weighted by Crippen LogP contribution is -1.87. The smallest absolute Gasteiger partial charge is 0.0515 e. The third-order valence-corrected chi connectivity index (χ3v) is 5.68. The molecule has 0 spiro atoms. The summed E-state index contributed by atoms with van der Waals surface area (Å²) in [5.74, 6) is 0. The maximum Gasteiger partial charge on any atom is 0.0515 e. The van der Waals surface area contributed by atoms with Gasteiger partial charge >= 0.3 is 0 Å². The molecule has 0 saturated carbocycles. The SMILES string of the molecule is C(=C(c1ccccc1)c1ccccc1)=C(c1cccs1)c1cccs1. The zero-order chi connectivity index (χ0) is 16.9. The Kier molecular flexibility index (Phi) is 4.76. The zero-order valence-electron chi connectivity index (χ0n) is 13.6. The van der Waals surface area contributed by atoms with Gasteiger partial charge in [-0.1, -0.05) is 72.8 Å². The summed E-state index contributed by atoms with van der Waals surface area (Å²) < 4.78 is 0. The van der Waals surface area contributed by atoms with Gasteiger partial charge in [0.1, 0.15) is 0 Å². The molecule has 2 heteroatoms. The minimum atomic E-state index is 1.12. The Morgan fingerprint density at radius 3 is 1.40 bits per heavy atom. The first-order valence-corrected chi connectivity index (χ1v) is 9.87. The van der Waals surface area contributed by atoms with Crippen LogP contribution in [0.2, 0.25) is 0 Å². The molecule has 0 unspecified atom stereocenters. The van der Waals surface area contributed by atoms with Crippen LogP contribution in [0.1, 0.15) is 20.9 Å². The van der Waals surface area contributed by atoms with E-state index in [-0.39, 0.29) is 0 Å². The van der Waals surface area contributed by atoms with Crippen LogP contribution in [0.3, 0.4) is 0 Å². The number of hydrogen-bond donors (Lipinski definition) is 0. The quantitative estimate of drug-likeness (QED) is 0.346. The van der Waals surface area contributed by atoms with Gasteiger partial charge in [-0.25, -0.2) is 0 Å². The molecule has 0 fully saturated rings. The van der Waals surface area contributed by atoms with E-state index in [1.165, 1.54) is 20.9 Å². The summed E-state index contributed by atoms with van der Waals surface area (Å²) >= 11 is 3.51. The van der Waals surface area contributed by atoms with E-state index in [1.807, 2.05) is 0 Å². The van der Waals surface area contributed by atoms with Crippen LogP contribution in [-0.2, 0) is 0 Å². The fourth-order valence-electron chi connectivity index (χ4n) is 2.73. The van der Waals surface area contributed by atoms with E-state index in [0.717, 1.165) is 11.1 Å². The predicted octanol–water partition coefficient (Wildman–Crippen LogP) is 6.97. The van der Waals surface area contributed by atoms with Crippen LogP contribution >= 0.6 is 22.7 Å². The Bertz CT molecular complexity index is 909. The molecule has 0 aliphatic carbocycles. The van der Waals surface area contributed by atoms with Gasteiger partial charge in [-0.2, -0.15) is 0 Å². The average molecular weight is 357 g/mol. The molecule has 25 heavy (non-hydrogen) atoms. The van der Waals surface area contributed by atoms with Crippen molar-refractivity contribution in [3.05, 3.63) is 122 Å². The number of hydrogen-bond acceptors (Lipinski definition) is 2. The van der Waals surface area contributed by atoms with Crippen LogP contribution in [0.15, 0.2) is 101 Å². The normalized spacial score (nSPS) is 10.2. The van der Waals surface area contributed by atoms with Crippen LogP contribution in [0.4, 0.5) is 0 Å². The fraction of sp³-hybridized carbons (Fsp3) is 0. The Morgan fingerprint density at radius 1 is 0.520 bits per heavy atom. The Balaban J connectivity index is 2.03. The van der Waals surface area contributed by atoms with Gasteiger partial charge in [-0.3, -0.25) is 0 Å². The first-order valence-electron chi connectivity index (χ1n) is 8.11. The first-order chi connectivity index (χ1) is 12.4. The van der Waals surface area contributed by atoms with Gasteiger partial charge in [0.2, 0.25) is 0 Å². The minimum absolute atomic E-state index is 1.12. The highest BCUT2D eigenvalue weighted by Crippen LogP contribution is 2.32. The van der Waals surface area contributed by atoms with Gasteiger partial charge in [0, 0.05) is 15.3 Å². The molecule has 2 aromatic carbocycles. The van der Waals surface area contributed by atoms with Crippen molar-refractivity contribution in [2.45, 2.75) is 0 Å². The molecule has 0 radical (unpaired) electrons. The van der Waals surface area contributed by atoms with E-state index in [9.17, 15) is 0 Å². The van der Waals surface area contributed by atoms with Gasteiger partial charge < -0.3 is 0 Å². The van der Waals surface area contributed by atoms with Crippen molar-refractivity contribution in [1.29, 1.82) is 0 Å². The van der Waals surface area contributed by atoms with E-state index in [4.69, 9.17) is 0 Å². The lowest BCUT2D eigenvalue weighted by atomic mass is 9.97. The second-order valence-electron chi connectivity index (χ2n) is 5.56. The summed E-state index contributed by atoms with van der Waals surface area (Å²) in [4.78, 5) is 2.48. The topological polar surface area (TPSA) is 0 Å². The molecule has 0 aliphatic rings. The predicted molar refractivity (Wildman–Crippen MR) is 110 cm³/mol. The fourth-order valence-corrected chi connectivity index (χ4v) is 4.28. The van der Waals surface area contributed by atoms with Crippen molar-refractivity contribution < 1.29 is 0 Å². The maximum atomic E-state index is 3.75. The molecule has 0 atom stereocenters. The number of thiophene rings is 2. The Hall–Kier alpha value is -2.64. The van der Waals surface area contributed by atoms with Gasteiger partial charge in [0.05, 0.1) is 5.57 Å². The highest BCUT2D eigenvalue weighted by Gasteiger charge is 2.10. The van der Waals surface area contributed by atoms with Crippen molar-refractivity contribution in [2.75, 3.05) is 0 Å². The third-order valence-electron chi connectivity index (χ3n) is 3.91. The van der Waals surface area contributed by atoms with Crippen molar-refractivity contribution in [3.8, 4) is 0 Å². The molecule has 0 amide bonds. The molecule has 0 aliphatic heterocycles. The summed E-state index contributed by atoms with van der Waals surface area (Å²) in [7, 11) is 0. The van der Waals surface area contributed by atoms with Crippen molar-refractivity contribution in [2.24, 2.45) is 0 Å². The van der Waals surface area contributed by atoms with Gasteiger partial charge in [-0.15, -0.1) is 28.4 Å². The summed E-state index contributed by atoms with van der Waals surface area (Å²) in [6.45, 7) is 0. The van der Waals surface area contributed by atoms with Crippen molar-refractivity contribution in [3.63, 3.8) is 0 Å². The molecular formula is C23H16S2. The van der Waals surface area contributed by atoms with Crippen LogP contribution in [-0.4, -0.2) is 0 Å². The van der Waals surface area contributed by atoms with Gasteiger partial charge in [0.15, 0.2) is 0 Å². The summed E-state index contributed by atoms with van der Waals surface area (Å²) in [5, 5.41) is 4.24. The maximum absolute atomic E-state index is 3.75. The number of benzene rings is 2. The highest BCUT2D eigenvalue weighted by atomic mass is 32.1. The monoisotopic (exact) mass is 356 g/mol. The molecular weight excluding hydrogens is 340 g/mol. The van der Waals surface area contributed by atoms with Crippen LogP contribution in [0, 0.1) is 0 Å². The molecule has 4 rings (SSSR count). The van der Waals surface area contributed by atoms with Gasteiger partial charge in [-0.05, 0) is 34.0 Å². The van der Waals surface area contributed by atoms with E-state index in [0.29, 0.717) is 0 Å². The molecule has 120 valence electrons. The van der Waals surface area contributed by atoms with Crippen LogP contribution in [0.25, 0.3) is 11.1 Å². The molecule has 2 heterocycles. The molecule has 4 aromatic rings. The average Bonchev–Trinajstić information content (AvgIpc) is 3.38. The standard InChI is InChI=1S/C23H16S2/c1-3-9-18(10-4-1)20(19-11-5-2-6-12-19)17-21(22-13-7-15-24-22)23-14-8-16-25-23/h1-16H. The first kappa shape index (κ1) is 15.9. The van der Waals surface area contributed by atoms with E-state index >= 15 is 0 Å². The van der Waals surface area contributed by atoms with Crippen LogP contribution < -0.4 is 0 Å². The Morgan fingerprint density at radius 2 is 1.00 bits per heavy atom. The van der Waals surface area contributed by atoms with Crippen molar-refractivity contribution in [1.82, 2.24) is 0 Å². The lowest BCUT2D eigenvalue weighted by Gasteiger charge is -2.07. The lowest BCUT2D eigenvalue weighted by molar-refractivity contribution is 1.55. The largest absolute Gasteiger partial charge is 0.143 e. The minimum Gasteiger partial charge on any atom is -0.143 e. The van der Waals surface area contributed by atoms with Crippen LogP contribution in [0.5, 0.6) is 0 Å². The molecule has 0 bridgehead atoms. The Labute approximate surface area is 156 Å². The second kappa shape index (κ2) is 7.50. The molecule has 0 N–H and O–H groups in total. The zero-order valence-corrected chi connectivity index (χ0v) is 15.2. The number of rotatable bonds is 4. The summed E-state index contributed by atoms with van der Waals surface area (Å²) in [6, 6.07) is 29.5. The van der Waals surface area contributed by atoms with E-state index < -0.39 is 0 Å². The molecule has 2 aromatic heterocycles. The van der Waals surface area contributed by atoms with E-state index in [2.05, 4.69) is 101 Å². The van der Waals surface area contributed by atoms with E-state index in [1.54, 1.807) is 22.7 Å². The second-order valence-corrected chi connectivity index (χ2v) is 7.46.